The topological polar surface area (TPSA) is 53.1 Å². The van der Waals surface area contributed by atoms with Gasteiger partial charge in [-0.2, -0.15) is 0 Å². The Morgan fingerprint density at radius 3 is 2.94 bits per heavy atom. The van der Waals surface area contributed by atoms with E-state index in [1.54, 1.807) is 6.20 Å². The van der Waals surface area contributed by atoms with Crippen molar-refractivity contribution in [1.82, 2.24) is 9.55 Å². The molecule has 0 aliphatic carbocycles. The van der Waals surface area contributed by atoms with Crippen LogP contribution in [0.15, 0.2) is 41.4 Å². The number of rotatable bonds is 6. The second-order valence-corrected chi connectivity index (χ2v) is 4.83. The summed E-state index contributed by atoms with van der Waals surface area (Å²) in [5, 5.41) is 0. The molecular weight excluding hydrogens is 294 g/mol. The molecule has 0 saturated heterocycles. The average Bonchev–Trinajstić information content (AvgIpc) is 2.89. The van der Waals surface area contributed by atoms with Gasteiger partial charge in [0.25, 0.3) is 0 Å². The number of benzene rings is 1. The molecule has 1 heterocycles. The van der Waals surface area contributed by atoms with Crippen LogP contribution >= 0.6 is 15.9 Å². The van der Waals surface area contributed by atoms with Gasteiger partial charge in [0.1, 0.15) is 5.75 Å². The van der Waals surface area contributed by atoms with Crippen molar-refractivity contribution >= 4 is 15.9 Å². The van der Waals surface area contributed by atoms with Gasteiger partial charge in [0.05, 0.1) is 17.4 Å². The monoisotopic (exact) mass is 309 g/mol. The number of ether oxygens (including phenoxy) is 1. The normalized spacial score (nSPS) is 10.6. The molecule has 0 spiro atoms. The van der Waals surface area contributed by atoms with Crippen molar-refractivity contribution in [1.29, 1.82) is 0 Å². The van der Waals surface area contributed by atoms with Crippen LogP contribution in [0.2, 0.25) is 0 Å². The first-order valence-corrected chi connectivity index (χ1v) is 6.66. The van der Waals surface area contributed by atoms with E-state index in [-0.39, 0.29) is 0 Å². The summed E-state index contributed by atoms with van der Waals surface area (Å²) in [5.74, 6) is 0.859. The maximum Gasteiger partial charge on any atom is 0.133 e. The minimum absolute atomic E-state index is 0.541. The van der Waals surface area contributed by atoms with E-state index in [1.165, 1.54) is 0 Å². The van der Waals surface area contributed by atoms with Crippen LogP contribution < -0.4 is 10.5 Å². The summed E-state index contributed by atoms with van der Waals surface area (Å²) >= 11 is 3.48. The van der Waals surface area contributed by atoms with Crippen molar-refractivity contribution < 1.29 is 4.74 Å². The van der Waals surface area contributed by atoms with Crippen LogP contribution in [0.5, 0.6) is 5.75 Å². The molecule has 4 nitrogen and oxygen atoms in total. The summed E-state index contributed by atoms with van der Waals surface area (Å²) in [6.07, 6.45) is 6.49. The first kappa shape index (κ1) is 13.1. The van der Waals surface area contributed by atoms with Gasteiger partial charge in [-0.3, -0.25) is 0 Å². The zero-order valence-corrected chi connectivity index (χ0v) is 11.6. The van der Waals surface area contributed by atoms with Gasteiger partial charge in [-0.25, -0.2) is 4.98 Å². The van der Waals surface area contributed by atoms with Crippen LogP contribution in [-0.2, 0) is 13.1 Å². The third kappa shape index (κ3) is 3.58. The van der Waals surface area contributed by atoms with Gasteiger partial charge in [-0.1, -0.05) is 6.07 Å². The third-order valence-electron chi connectivity index (χ3n) is 2.61. The SMILES string of the molecule is NCc1ccc(OCCCn2ccnc2)c(Br)c1. The lowest BCUT2D eigenvalue weighted by molar-refractivity contribution is 0.300. The van der Waals surface area contributed by atoms with Crippen molar-refractivity contribution in [2.75, 3.05) is 6.61 Å². The lowest BCUT2D eigenvalue weighted by Gasteiger charge is -2.09. The molecule has 0 bridgehead atoms. The fraction of sp³-hybridized carbons (Fsp3) is 0.308. The van der Waals surface area contributed by atoms with Crippen LogP contribution in [0.4, 0.5) is 0 Å². The number of nitrogens with zero attached hydrogens (tertiary/aromatic N) is 2. The summed E-state index contributed by atoms with van der Waals surface area (Å²) in [7, 11) is 0. The summed E-state index contributed by atoms with van der Waals surface area (Å²) in [6.45, 7) is 2.14. The molecule has 2 aromatic rings. The molecule has 0 fully saturated rings. The Bertz CT molecular complexity index is 485. The van der Waals surface area contributed by atoms with Crippen molar-refractivity contribution in [3.05, 3.63) is 47.0 Å². The van der Waals surface area contributed by atoms with Crippen molar-refractivity contribution in [3.63, 3.8) is 0 Å². The number of nitrogens with two attached hydrogens (primary N) is 1. The van der Waals surface area contributed by atoms with Gasteiger partial charge < -0.3 is 15.0 Å². The van der Waals surface area contributed by atoms with Crippen molar-refractivity contribution in [3.8, 4) is 5.75 Å². The first-order valence-electron chi connectivity index (χ1n) is 5.86. The predicted octanol–water partition coefficient (Wildman–Crippen LogP) is 2.57. The molecule has 0 radical (unpaired) electrons. The highest BCUT2D eigenvalue weighted by Gasteiger charge is 2.02. The van der Waals surface area contributed by atoms with Gasteiger partial charge in [0.15, 0.2) is 0 Å². The minimum Gasteiger partial charge on any atom is -0.492 e. The van der Waals surface area contributed by atoms with Crippen LogP contribution in [0.3, 0.4) is 0 Å². The third-order valence-corrected chi connectivity index (χ3v) is 3.23. The number of aryl methyl sites for hydroxylation is 1. The average molecular weight is 310 g/mol. The van der Waals surface area contributed by atoms with E-state index < -0.39 is 0 Å². The molecule has 2 N–H and O–H groups in total. The Morgan fingerprint density at radius 2 is 2.28 bits per heavy atom. The van der Waals surface area contributed by atoms with Gasteiger partial charge in [0, 0.05) is 25.5 Å². The molecule has 0 aliphatic heterocycles. The quantitative estimate of drug-likeness (QED) is 0.834. The van der Waals surface area contributed by atoms with Gasteiger partial charge >= 0.3 is 0 Å². The van der Waals surface area contributed by atoms with E-state index >= 15 is 0 Å². The minimum atomic E-state index is 0.541. The second-order valence-electron chi connectivity index (χ2n) is 3.97. The highest BCUT2D eigenvalue weighted by molar-refractivity contribution is 9.10. The van der Waals surface area contributed by atoms with Gasteiger partial charge in [0.2, 0.25) is 0 Å². The Hall–Kier alpha value is -1.33. The van der Waals surface area contributed by atoms with Gasteiger partial charge in [-0.05, 0) is 40.0 Å². The zero-order valence-electron chi connectivity index (χ0n) is 10.1. The molecule has 0 saturated carbocycles. The largest absolute Gasteiger partial charge is 0.492 e. The number of aromatic nitrogens is 2. The molecule has 0 atom stereocenters. The molecule has 0 aliphatic rings. The van der Waals surface area contributed by atoms with Crippen molar-refractivity contribution in [2.45, 2.75) is 19.5 Å². The summed E-state index contributed by atoms with van der Waals surface area (Å²) in [5.41, 5.74) is 6.66. The lowest BCUT2D eigenvalue weighted by Crippen LogP contribution is -2.04. The van der Waals surface area contributed by atoms with E-state index in [9.17, 15) is 0 Å². The molecule has 1 aromatic heterocycles. The fourth-order valence-electron chi connectivity index (χ4n) is 1.64. The maximum atomic E-state index is 5.71. The first-order chi connectivity index (χ1) is 8.79. The van der Waals surface area contributed by atoms with Crippen LogP contribution in [0.1, 0.15) is 12.0 Å². The summed E-state index contributed by atoms with van der Waals surface area (Å²) in [6, 6.07) is 5.92. The van der Waals surface area contributed by atoms with Crippen molar-refractivity contribution in [2.24, 2.45) is 5.73 Å². The zero-order chi connectivity index (χ0) is 12.8. The molecule has 96 valence electrons. The maximum absolute atomic E-state index is 5.71. The number of imidazole rings is 1. The molecule has 18 heavy (non-hydrogen) atoms. The molecule has 2 rings (SSSR count). The van der Waals surface area contributed by atoms with E-state index in [0.29, 0.717) is 13.2 Å². The molecular formula is C13H16BrN3O. The standard InChI is InChI=1S/C13H16BrN3O/c14-12-8-11(9-15)2-3-13(12)18-7-1-5-17-6-4-16-10-17/h2-4,6,8,10H,1,5,7,9,15H2. The number of hydrogen-bond acceptors (Lipinski definition) is 3. The lowest BCUT2D eigenvalue weighted by atomic mass is 10.2. The molecule has 0 amide bonds. The Balaban J connectivity index is 1.79. The van der Waals surface area contributed by atoms with E-state index in [0.717, 1.165) is 28.8 Å². The Morgan fingerprint density at radius 1 is 1.39 bits per heavy atom. The molecule has 5 heteroatoms. The number of halogens is 1. The van der Waals surface area contributed by atoms with E-state index in [4.69, 9.17) is 10.5 Å². The van der Waals surface area contributed by atoms with Gasteiger partial charge in [-0.15, -0.1) is 0 Å². The highest BCUT2D eigenvalue weighted by Crippen LogP contribution is 2.25. The van der Waals surface area contributed by atoms with E-state index in [1.807, 2.05) is 35.3 Å². The Labute approximate surface area is 115 Å². The summed E-state index contributed by atoms with van der Waals surface area (Å²) < 4.78 is 8.70. The van der Waals surface area contributed by atoms with E-state index in [2.05, 4.69) is 20.9 Å². The van der Waals surface area contributed by atoms with Crippen LogP contribution in [0.25, 0.3) is 0 Å². The Kier molecular flexibility index (Phi) is 4.78. The molecule has 0 unspecified atom stereocenters. The summed E-state index contributed by atoms with van der Waals surface area (Å²) in [4.78, 5) is 4.00. The highest BCUT2D eigenvalue weighted by atomic mass is 79.9. The molecule has 1 aromatic carbocycles. The number of hydrogen-bond donors (Lipinski definition) is 1. The second kappa shape index (κ2) is 6.56. The van der Waals surface area contributed by atoms with Crippen LogP contribution in [0, 0.1) is 0 Å². The smallest absolute Gasteiger partial charge is 0.133 e. The van der Waals surface area contributed by atoms with Crippen LogP contribution in [-0.4, -0.2) is 16.2 Å². The predicted molar refractivity (Wildman–Crippen MR) is 74.4 cm³/mol. The fourth-order valence-corrected chi connectivity index (χ4v) is 2.18.